The number of benzene rings is 2. The van der Waals surface area contributed by atoms with E-state index in [0.717, 1.165) is 11.6 Å². The molecule has 1 atom stereocenters. The Bertz CT molecular complexity index is 891. The molecule has 0 heterocycles. The van der Waals surface area contributed by atoms with E-state index in [1.807, 2.05) is 42.6 Å². The predicted molar refractivity (Wildman–Crippen MR) is 98.4 cm³/mol. The van der Waals surface area contributed by atoms with Gasteiger partial charge in [0.05, 0.1) is 18.7 Å². The summed E-state index contributed by atoms with van der Waals surface area (Å²) in [5.41, 5.74) is 0.388. The number of carbonyl (C=O) groups excluding carboxylic acids is 3. The van der Waals surface area contributed by atoms with Crippen LogP contribution in [0.1, 0.15) is 24.8 Å². The van der Waals surface area contributed by atoms with Crippen molar-refractivity contribution in [3.05, 3.63) is 65.5 Å². The van der Waals surface area contributed by atoms with Gasteiger partial charge in [0.2, 0.25) is 5.91 Å². The summed E-state index contributed by atoms with van der Waals surface area (Å²) in [4.78, 5) is 35.2. The summed E-state index contributed by atoms with van der Waals surface area (Å²) >= 11 is 0. The first kappa shape index (κ1) is 21.9. The third kappa shape index (κ3) is 6.63. The molecule has 29 heavy (non-hydrogen) atoms. The zero-order valence-corrected chi connectivity index (χ0v) is 15.5. The molecule has 6 nitrogen and oxygen atoms in total. The molecule has 9 heteroatoms. The van der Waals surface area contributed by atoms with Gasteiger partial charge in [-0.15, -0.1) is 0 Å². The van der Waals surface area contributed by atoms with E-state index >= 15 is 0 Å². The highest BCUT2D eigenvalue weighted by atomic mass is 19.2. The van der Waals surface area contributed by atoms with Crippen LogP contribution in [-0.2, 0) is 19.1 Å². The van der Waals surface area contributed by atoms with E-state index in [2.05, 4.69) is 5.32 Å². The van der Waals surface area contributed by atoms with Crippen molar-refractivity contribution < 1.29 is 32.3 Å². The van der Waals surface area contributed by atoms with Crippen LogP contribution in [0.3, 0.4) is 0 Å². The normalized spacial score (nSPS) is 11.4. The van der Waals surface area contributed by atoms with Crippen LogP contribution in [-0.4, -0.2) is 30.9 Å². The Morgan fingerprint density at radius 3 is 2.34 bits per heavy atom. The van der Waals surface area contributed by atoms with Crippen LogP contribution in [0.15, 0.2) is 42.5 Å². The Morgan fingerprint density at radius 1 is 0.966 bits per heavy atom. The number of halogens is 3. The number of ether oxygens (including phenoxy) is 1. The molecule has 2 amide bonds. The fraction of sp³-hybridized carbons (Fsp3) is 0.250. The van der Waals surface area contributed by atoms with Gasteiger partial charge >= 0.3 is 5.97 Å². The molecule has 2 aromatic carbocycles. The fourth-order valence-corrected chi connectivity index (χ4v) is 2.40. The van der Waals surface area contributed by atoms with Crippen molar-refractivity contribution in [3.8, 4) is 0 Å². The van der Waals surface area contributed by atoms with Crippen molar-refractivity contribution in [3.63, 3.8) is 0 Å². The molecule has 154 valence electrons. The second kappa shape index (κ2) is 10.3. The first-order chi connectivity index (χ1) is 13.8. The van der Waals surface area contributed by atoms with E-state index in [4.69, 9.17) is 4.74 Å². The van der Waals surface area contributed by atoms with Crippen LogP contribution >= 0.6 is 0 Å². The molecule has 0 bridgehead atoms. The topological polar surface area (TPSA) is 84.5 Å². The summed E-state index contributed by atoms with van der Waals surface area (Å²) in [6.45, 7) is 0.681. The van der Waals surface area contributed by atoms with Crippen molar-refractivity contribution in [1.29, 1.82) is 0 Å². The molecule has 0 spiro atoms. The standard InChI is InChI=1S/C20H19F3N2O4/c1-12(13-5-3-2-4-6-13)9-18(28)29-11-17(27)24-10-16(26)25-15-8-7-14(21)19(22)20(15)23/h2-8,12H,9-11H2,1H3,(H,24,27)(H,25,26)/t12-/m0/s1. The lowest BCUT2D eigenvalue weighted by Crippen LogP contribution is -2.35. The summed E-state index contributed by atoms with van der Waals surface area (Å²) in [5.74, 6) is -6.95. The smallest absolute Gasteiger partial charge is 0.306 e. The molecule has 0 saturated heterocycles. The highest BCUT2D eigenvalue weighted by Crippen LogP contribution is 2.20. The minimum absolute atomic E-state index is 0.0766. The van der Waals surface area contributed by atoms with Crippen LogP contribution in [0.25, 0.3) is 0 Å². The van der Waals surface area contributed by atoms with Gasteiger partial charge in [-0.1, -0.05) is 37.3 Å². The number of hydrogen-bond donors (Lipinski definition) is 2. The Hall–Kier alpha value is -3.36. The van der Waals surface area contributed by atoms with E-state index in [1.54, 1.807) is 0 Å². The zero-order chi connectivity index (χ0) is 21.4. The van der Waals surface area contributed by atoms with Gasteiger partial charge in [0.25, 0.3) is 5.91 Å². The van der Waals surface area contributed by atoms with Crippen LogP contribution < -0.4 is 10.6 Å². The van der Waals surface area contributed by atoms with Crippen molar-refractivity contribution in [1.82, 2.24) is 5.32 Å². The molecule has 0 unspecified atom stereocenters. The summed E-state index contributed by atoms with van der Waals surface area (Å²) in [7, 11) is 0. The van der Waals surface area contributed by atoms with Crippen LogP contribution in [0.4, 0.5) is 18.9 Å². The van der Waals surface area contributed by atoms with Gasteiger partial charge in [-0.25, -0.2) is 13.2 Å². The number of esters is 1. The number of rotatable bonds is 8. The largest absolute Gasteiger partial charge is 0.456 e. The van der Waals surface area contributed by atoms with E-state index in [0.29, 0.717) is 6.07 Å². The van der Waals surface area contributed by atoms with E-state index in [-0.39, 0.29) is 12.3 Å². The Labute approximate surface area is 165 Å². The van der Waals surface area contributed by atoms with Gasteiger partial charge in [0, 0.05) is 0 Å². The summed E-state index contributed by atoms with van der Waals surface area (Å²) in [5, 5.41) is 4.17. The third-order valence-corrected chi connectivity index (χ3v) is 3.96. The summed E-state index contributed by atoms with van der Waals surface area (Å²) < 4.78 is 44.3. The lowest BCUT2D eigenvalue weighted by molar-refractivity contribution is -0.148. The molecule has 0 aliphatic carbocycles. The highest BCUT2D eigenvalue weighted by Gasteiger charge is 2.16. The highest BCUT2D eigenvalue weighted by molar-refractivity contribution is 5.94. The Kier molecular flexibility index (Phi) is 7.76. The zero-order valence-electron chi connectivity index (χ0n) is 15.5. The van der Waals surface area contributed by atoms with Crippen molar-refractivity contribution in [2.75, 3.05) is 18.5 Å². The number of amides is 2. The third-order valence-electron chi connectivity index (χ3n) is 3.96. The molecule has 0 radical (unpaired) electrons. The summed E-state index contributed by atoms with van der Waals surface area (Å²) in [6, 6.07) is 10.8. The minimum atomic E-state index is -1.72. The molecule has 2 aromatic rings. The average molecular weight is 408 g/mol. The van der Waals surface area contributed by atoms with Crippen LogP contribution in [0.5, 0.6) is 0 Å². The second-order valence-electron chi connectivity index (χ2n) is 6.22. The maximum Gasteiger partial charge on any atom is 0.306 e. The van der Waals surface area contributed by atoms with Crippen LogP contribution in [0.2, 0.25) is 0 Å². The van der Waals surface area contributed by atoms with Crippen molar-refractivity contribution in [2.45, 2.75) is 19.3 Å². The minimum Gasteiger partial charge on any atom is -0.456 e. The monoisotopic (exact) mass is 408 g/mol. The first-order valence-corrected chi connectivity index (χ1v) is 8.68. The first-order valence-electron chi connectivity index (χ1n) is 8.68. The van der Waals surface area contributed by atoms with Gasteiger partial charge < -0.3 is 15.4 Å². The lowest BCUT2D eigenvalue weighted by atomic mass is 9.98. The molecule has 0 aliphatic heterocycles. The second-order valence-corrected chi connectivity index (χ2v) is 6.22. The average Bonchev–Trinajstić information content (AvgIpc) is 2.71. The molecule has 2 rings (SSSR count). The van der Waals surface area contributed by atoms with Gasteiger partial charge in [-0.05, 0) is 23.6 Å². The Balaban J connectivity index is 1.72. The summed E-state index contributed by atoms with van der Waals surface area (Å²) in [6.07, 6.45) is 0.0766. The SMILES string of the molecule is C[C@@H](CC(=O)OCC(=O)NCC(=O)Nc1ccc(F)c(F)c1F)c1ccccc1. The lowest BCUT2D eigenvalue weighted by Gasteiger charge is -2.11. The van der Waals surface area contributed by atoms with E-state index in [9.17, 15) is 27.6 Å². The Morgan fingerprint density at radius 2 is 1.66 bits per heavy atom. The van der Waals surface area contributed by atoms with Gasteiger partial charge in [0.15, 0.2) is 24.1 Å². The maximum absolute atomic E-state index is 13.5. The molecule has 0 aromatic heterocycles. The molecule has 0 aliphatic rings. The number of carbonyl (C=O) groups is 3. The maximum atomic E-state index is 13.5. The van der Waals surface area contributed by atoms with Crippen LogP contribution in [0, 0.1) is 17.5 Å². The van der Waals surface area contributed by atoms with Crippen molar-refractivity contribution in [2.24, 2.45) is 0 Å². The number of nitrogens with one attached hydrogen (secondary N) is 2. The molecule has 0 saturated carbocycles. The van der Waals surface area contributed by atoms with Gasteiger partial charge in [-0.3, -0.25) is 14.4 Å². The number of anilines is 1. The van der Waals surface area contributed by atoms with E-state index < -0.39 is 54.1 Å². The van der Waals surface area contributed by atoms with E-state index in [1.165, 1.54) is 0 Å². The predicted octanol–water partition coefficient (Wildman–Crippen LogP) is 2.90. The fourth-order valence-electron chi connectivity index (χ4n) is 2.40. The number of hydrogen-bond acceptors (Lipinski definition) is 4. The molecular formula is C20H19F3N2O4. The quantitative estimate of drug-likeness (QED) is 0.520. The van der Waals surface area contributed by atoms with Gasteiger partial charge in [0.1, 0.15) is 0 Å². The van der Waals surface area contributed by atoms with Gasteiger partial charge in [-0.2, -0.15) is 0 Å². The molecular weight excluding hydrogens is 389 g/mol. The molecule has 2 N–H and O–H groups in total. The molecule has 0 fully saturated rings. The van der Waals surface area contributed by atoms with Crippen molar-refractivity contribution >= 4 is 23.5 Å².